The number of carbonyl (C=O) groups is 1. The van der Waals surface area contributed by atoms with E-state index in [4.69, 9.17) is 16.7 Å². The van der Waals surface area contributed by atoms with Crippen molar-refractivity contribution in [2.75, 3.05) is 10.8 Å². The zero-order valence-corrected chi connectivity index (χ0v) is 16.3. The first-order valence-electron chi connectivity index (χ1n) is 7.06. The highest BCUT2D eigenvalue weighted by Gasteiger charge is 2.25. The lowest BCUT2D eigenvalue weighted by molar-refractivity contribution is -0.137. The van der Waals surface area contributed by atoms with Crippen molar-refractivity contribution in [2.24, 2.45) is 0 Å². The van der Waals surface area contributed by atoms with E-state index in [1.807, 2.05) is 6.07 Å². The topological polar surface area (TPSA) is 74.7 Å². The molecule has 0 aliphatic rings. The average molecular weight is 480 g/mol. The van der Waals surface area contributed by atoms with Crippen LogP contribution >= 0.6 is 34.2 Å². The Morgan fingerprint density at radius 3 is 2.42 bits per heavy atom. The highest BCUT2D eigenvalue weighted by molar-refractivity contribution is 14.1. The molecule has 1 N–H and O–H groups in total. The van der Waals surface area contributed by atoms with Gasteiger partial charge in [-0.3, -0.25) is 9.10 Å². The third-order valence-electron chi connectivity index (χ3n) is 3.25. The zero-order chi connectivity index (χ0) is 17.7. The highest BCUT2D eigenvalue weighted by atomic mass is 127. The van der Waals surface area contributed by atoms with E-state index in [0.717, 1.165) is 3.57 Å². The molecule has 0 aromatic heterocycles. The third kappa shape index (κ3) is 4.84. The molecule has 0 saturated carbocycles. The molecular formula is C16H15ClINO4S. The lowest BCUT2D eigenvalue weighted by Gasteiger charge is -2.24. The maximum atomic E-state index is 13.0. The van der Waals surface area contributed by atoms with Crippen molar-refractivity contribution in [1.29, 1.82) is 0 Å². The molecule has 0 bridgehead atoms. The largest absolute Gasteiger partial charge is 0.481 e. The minimum Gasteiger partial charge on any atom is -0.481 e. The van der Waals surface area contributed by atoms with E-state index in [2.05, 4.69) is 22.6 Å². The minimum absolute atomic E-state index is 0.0807. The summed E-state index contributed by atoms with van der Waals surface area (Å²) in [5, 5.41) is 9.25. The number of halogens is 2. The number of anilines is 1. The van der Waals surface area contributed by atoms with Crippen molar-refractivity contribution < 1.29 is 18.3 Å². The zero-order valence-electron chi connectivity index (χ0n) is 12.5. The van der Waals surface area contributed by atoms with E-state index in [9.17, 15) is 13.2 Å². The molecule has 5 nitrogen and oxygen atoms in total. The summed E-state index contributed by atoms with van der Waals surface area (Å²) in [7, 11) is -3.81. The van der Waals surface area contributed by atoms with Gasteiger partial charge < -0.3 is 5.11 Å². The average Bonchev–Trinajstić information content (AvgIpc) is 2.51. The van der Waals surface area contributed by atoms with E-state index in [1.165, 1.54) is 28.6 Å². The summed E-state index contributed by atoms with van der Waals surface area (Å²) >= 11 is 7.92. The molecule has 128 valence electrons. The summed E-state index contributed by atoms with van der Waals surface area (Å²) in [4.78, 5) is 10.9. The van der Waals surface area contributed by atoms with E-state index in [-0.39, 0.29) is 24.3 Å². The van der Waals surface area contributed by atoms with Crippen LogP contribution in [0.5, 0.6) is 0 Å². The van der Waals surface area contributed by atoms with Crippen LogP contribution in [-0.4, -0.2) is 26.0 Å². The molecular weight excluding hydrogens is 465 g/mol. The SMILES string of the molecule is O=C(O)CCCN(c1cccc(I)c1)S(=O)(=O)c1ccc(Cl)cc1. The van der Waals surface area contributed by atoms with Gasteiger partial charge in [0.2, 0.25) is 0 Å². The lowest BCUT2D eigenvalue weighted by Crippen LogP contribution is -2.32. The molecule has 0 aliphatic carbocycles. The van der Waals surface area contributed by atoms with Gasteiger partial charge in [0, 0.05) is 21.6 Å². The molecule has 0 radical (unpaired) electrons. The van der Waals surface area contributed by atoms with Gasteiger partial charge in [0.15, 0.2) is 0 Å². The smallest absolute Gasteiger partial charge is 0.303 e. The standard InChI is InChI=1S/C16H15ClINO4S/c17-12-6-8-15(9-7-12)24(22,23)19(10-2-5-16(20)21)14-4-1-3-13(18)11-14/h1,3-4,6-9,11H,2,5,10H2,(H,20,21). The first-order valence-corrected chi connectivity index (χ1v) is 9.96. The van der Waals surface area contributed by atoms with Crippen LogP contribution in [0.15, 0.2) is 53.4 Å². The van der Waals surface area contributed by atoms with Crippen molar-refractivity contribution in [2.45, 2.75) is 17.7 Å². The highest BCUT2D eigenvalue weighted by Crippen LogP contribution is 2.26. The van der Waals surface area contributed by atoms with Crippen LogP contribution in [0.1, 0.15) is 12.8 Å². The molecule has 0 unspecified atom stereocenters. The van der Waals surface area contributed by atoms with Crippen LogP contribution in [0.2, 0.25) is 5.02 Å². The van der Waals surface area contributed by atoms with Gasteiger partial charge in [-0.25, -0.2) is 8.42 Å². The van der Waals surface area contributed by atoms with Crippen LogP contribution < -0.4 is 4.31 Å². The number of rotatable bonds is 7. The Morgan fingerprint density at radius 2 is 1.83 bits per heavy atom. The van der Waals surface area contributed by atoms with Gasteiger partial charge in [0.25, 0.3) is 10.0 Å². The molecule has 2 aromatic rings. The fourth-order valence-electron chi connectivity index (χ4n) is 2.13. The van der Waals surface area contributed by atoms with Crippen molar-refractivity contribution in [3.05, 3.63) is 57.1 Å². The molecule has 2 aromatic carbocycles. The number of carboxylic acids is 1. The summed E-state index contributed by atoms with van der Waals surface area (Å²) in [6.07, 6.45) is 0.115. The molecule has 0 aliphatic heterocycles. The van der Waals surface area contributed by atoms with E-state index in [1.54, 1.807) is 18.2 Å². The molecule has 8 heteroatoms. The fraction of sp³-hybridized carbons (Fsp3) is 0.188. The van der Waals surface area contributed by atoms with Crippen LogP contribution in [0.4, 0.5) is 5.69 Å². The number of carboxylic acid groups (broad SMARTS) is 1. The van der Waals surface area contributed by atoms with E-state index in [0.29, 0.717) is 10.7 Å². The first kappa shape index (κ1) is 19.0. The minimum atomic E-state index is -3.81. The molecule has 0 heterocycles. The Labute approximate surface area is 159 Å². The van der Waals surface area contributed by atoms with Crippen LogP contribution in [0.25, 0.3) is 0 Å². The molecule has 0 saturated heterocycles. The number of sulfonamides is 1. The normalized spacial score (nSPS) is 11.2. The maximum Gasteiger partial charge on any atom is 0.303 e. The molecule has 0 atom stereocenters. The van der Waals surface area contributed by atoms with Crippen LogP contribution in [-0.2, 0) is 14.8 Å². The van der Waals surface area contributed by atoms with E-state index < -0.39 is 16.0 Å². The fourth-order valence-corrected chi connectivity index (χ4v) is 4.27. The van der Waals surface area contributed by atoms with Gasteiger partial charge in [-0.05, 0) is 71.5 Å². The van der Waals surface area contributed by atoms with Crippen molar-refractivity contribution >= 4 is 55.9 Å². The van der Waals surface area contributed by atoms with Crippen molar-refractivity contribution in [3.8, 4) is 0 Å². The van der Waals surface area contributed by atoms with Crippen LogP contribution in [0.3, 0.4) is 0 Å². The molecule has 2 rings (SSSR count). The van der Waals surface area contributed by atoms with Gasteiger partial charge in [0.05, 0.1) is 10.6 Å². The second kappa shape index (κ2) is 8.17. The summed E-state index contributed by atoms with van der Waals surface area (Å²) in [5.41, 5.74) is 0.502. The predicted molar refractivity (Wildman–Crippen MR) is 102 cm³/mol. The third-order valence-corrected chi connectivity index (χ3v) is 6.01. The van der Waals surface area contributed by atoms with Gasteiger partial charge in [-0.1, -0.05) is 17.7 Å². The first-order chi connectivity index (χ1) is 11.3. The predicted octanol–water partition coefficient (Wildman–Crippen LogP) is 4.00. The van der Waals surface area contributed by atoms with Gasteiger partial charge in [-0.2, -0.15) is 0 Å². The Bertz CT molecular complexity index is 824. The number of aliphatic carboxylic acids is 1. The number of hydrogen-bond acceptors (Lipinski definition) is 3. The number of benzene rings is 2. The van der Waals surface area contributed by atoms with Gasteiger partial charge in [-0.15, -0.1) is 0 Å². The Hall–Kier alpha value is -1.32. The maximum absolute atomic E-state index is 13.0. The van der Waals surface area contributed by atoms with E-state index >= 15 is 0 Å². The Kier molecular flexibility index (Phi) is 6.47. The summed E-state index contributed by atoms with van der Waals surface area (Å²) < 4.78 is 28.1. The van der Waals surface area contributed by atoms with Gasteiger partial charge >= 0.3 is 5.97 Å². The lowest BCUT2D eigenvalue weighted by atomic mass is 10.3. The quantitative estimate of drug-likeness (QED) is 0.609. The molecule has 0 spiro atoms. The molecule has 24 heavy (non-hydrogen) atoms. The second-order valence-electron chi connectivity index (χ2n) is 5.01. The second-order valence-corrected chi connectivity index (χ2v) is 8.55. The van der Waals surface area contributed by atoms with Crippen molar-refractivity contribution in [3.63, 3.8) is 0 Å². The molecule has 0 fully saturated rings. The Morgan fingerprint density at radius 1 is 1.17 bits per heavy atom. The molecule has 0 amide bonds. The number of nitrogens with zero attached hydrogens (tertiary/aromatic N) is 1. The van der Waals surface area contributed by atoms with Crippen LogP contribution in [0, 0.1) is 3.57 Å². The monoisotopic (exact) mass is 479 g/mol. The summed E-state index contributed by atoms with van der Waals surface area (Å²) in [5.74, 6) is -0.957. The summed E-state index contributed by atoms with van der Waals surface area (Å²) in [6.45, 7) is 0.0807. The van der Waals surface area contributed by atoms with Gasteiger partial charge in [0.1, 0.15) is 0 Å². The van der Waals surface area contributed by atoms with Crippen molar-refractivity contribution in [1.82, 2.24) is 0 Å². The Balaban J connectivity index is 2.40. The number of hydrogen-bond donors (Lipinski definition) is 1. The summed E-state index contributed by atoms with van der Waals surface area (Å²) in [6, 6.07) is 13.0.